The zero-order chi connectivity index (χ0) is 14.1. The first-order valence-corrected chi connectivity index (χ1v) is 7.96. The number of thiazole rings is 1. The van der Waals surface area contributed by atoms with E-state index in [1.807, 2.05) is 12.3 Å². The van der Waals surface area contributed by atoms with Gasteiger partial charge < -0.3 is 11.1 Å². The number of nitrogens with zero attached hydrogens (tertiary/aromatic N) is 1. The summed E-state index contributed by atoms with van der Waals surface area (Å²) in [6.07, 6.45) is 5.68. The number of halogens is 2. The molecule has 1 unspecified atom stereocenters. The number of aromatic nitrogens is 1. The van der Waals surface area contributed by atoms with Crippen molar-refractivity contribution in [3.8, 4) is 0 Å². The van der Waals surface area contributed by atoms with Crippen LogP contribution in [-0.4, -0.2) is 17.4 Å². The fraction of sp³-hybridized carbons (Fsp3) is 0.714. The number of aryl methyl sites for hydroxylation is 1. The molecule has 1 aromatic heterocycles. The number of amides is 1. The molecule has 1 amide bonds. The second kappa shape index (κ2) is 13.3. The molecule has 0 aliphatic rings. The van der Waals surface area contributed by atoms with Gasteiger partial charge in [0, 0.05) is 17.5 Å². The average Bonchev–Trinajstić information content (AvgIpc) is 2.82. The predicted molar refractivity (Wildman–Crippen MR) is 94.7 cm³/mol. The van der Waals surface area contributed by atoms with Crippen molar-refractivity contribution in [3.05, 3.63) is 16.1 Å². The lowest BCUT2D eigenvalue weighted by atomic mass is 10.1. The monoisotopic (exact) mass is 355 g/mol. The summed E-state index contributed by atoms with van der Waals surface area (Å²) in [5.74, 6) is 0.132. The number of unbranched alkanes of at least 4 members (excludes halogenated alkanes) is 3. The number of hydrogen-bond acceptors (Lipinski definition) is 4. The van der Waals surface area contributed by atoms with Crippen molar-refractivity contribution in [2.75, 3.05) is 6.54 Å². The van der Waals surface area contributed by atoms with Crippen LogP contribution in [0, 0.1) is 6.92 Å². The van der Waals surface area contributed by atoms with Crippen LogP contribution in [0.25, 0.3) is 0 Å². The fourth-order valence-electron chi connectivity index (χ4n) is 1.92. The van der Waals surface area contributed by atoms with Gasteiger partial charge in [0.25, 0.3) is 0 Å². The Kier molecular flexibility index (Phi) is 14.5. The van der Waals surface area contributed by atoms with Crippen molar-refractivity contribution in [3.63, 3.8) is 0 Å². The highest BCUT2D eigenvalue weighted by Crippen LogP contribution is 2.21. The Morgan fingerprint density at radius 2 is 2.00 bits per heavy atom. The minimum absolute atomic E-state index is 0. The van der Waals surface area contributed by atoms with Gasteiger partial charge in [-0.05, 0) is 32.7 Å². The Labute approximate surface area is 144 Å². The van der Waals surface area contributed by atoms with Crippen LogP contribution in [0.15, 0.2) is 5.38 Å². The zero-order valence-corrected chi connectivity index (χ0v) is 15.2. The largest absolute Gasteiger partial charge is 0.347 e. The molecule has 7 heteroatoms. The fourth-order valence-corrected chi connectivity index (χ4v) is 2.85. The third-order valence-corrected chi connectivity index (χ3v) is 4.11. The van der Waals surface area contributed by atoms with Gasteiger partial charge >= 0.3 is 0 Å². The lowest BCUT2D eigenvalue weighted by molar-refractivity contribution is -0.122. The standard InChI is InChI=1S/C14H25N3OS.2ClH/c1-3-12(14-16-11(2)10-19-14)17-13(18)8-6-4-5-7-9-15;;/h10,12H,3-9,15H2,1-2H3,(H,17,18);2*1H. The van der Waals surface area contributed by atoms with E-state index < -0.39 is 0 Å². The molecule has 0 aliphatic heterocycles. The van der Waals surface area contributed by atoms with Crippen LogP contribution in [0.5, 0.6) is 0 Å². The molecule has 21 heavy (non-hydrogen) atoms. The lowest BCUT2D eigenvalue weighted by Gasteiger charge is -2.14. The molecule has 0 saturated heterocycles. The van der Waals surface area contributed by atoms with Crippen molar-refractivity contribution >= 4 is 42.1 Å². The van der Waals surface area contributed by atoms with Gasteiger partial charge in [-0.2, -0.15) is 0 Å². The Bertz CT molecular complexity index is 388. The summed E-state index contributed by atoms with van der Waals surface area (Å²) < 4.78 is 0. The van der Waals surface area contributed by atoms with Gasteiger partial charge in [0.1, 0.15) is 5.01 Å². The van der Waals surface area contributed by atoms with Gasteiger partial charge in [-0.3, -0.25) is 4.79 Å². The van der Waals surface area contributed by atoms with Crippen molar-refractivity contribution in [2.24, 2.45) is 5.73 Å². The van der Waals surface area contributed by atoms with E-state index in [0.29, 0.717) is 6.42 Å². The summed E-state index contributed by atoms with van der Waals surface area (Å²) in [4.78, 5) is 16.3. The molecule has 0 saturated carbocycles. The van der Waals surface area contributed by atoms with Gasteiger partial charge in [-0.25, -0.2) is 4.98 Å². The van der Waals surface area contributed by atoms with Gasteiger partial charge in [0.2, 0.25) is 5.91 Å². The molecule has 1 rings (SSSR count). The summed E-state index contributed by atoms with van der Waals surface area (Å²) in [5, 5.41) is 6.11. The third-order valence-electron chi connectivity index (χ3n) is 3.04. The second-order valence-corrected chi connectivity index (χ2v) is 5.70. The van der Waals surface area contributed by atoms with Gasteiger partial charge in [-0.1, -0.05) is 19.8 Å². The van der Waals surface area contributed by atoms with E-state index >= 15 is 0 Å². The van der Waals surface area contributed by atoms with E-state index in [4.69, 9.17) is 5.73 Å². The van der Waals surface area contributed by atoms with Crippen LogP contribution in [0.2, 0.25) is 0 Å². The summed E-state index contributed by atoms with van der Waals surface area (Å²) >= 11 is 1.62. The van der Waals surface area contributed by atoms with Crippen LogP contribution < -0.4 is 11.1 Å². The zero-order valence-electron chi connectivity index (χ0n) is 12.8. The normalized spacial score (nSPS) is 11.2. The number of nitrogens with one attached hydrogen (secondary N) is 1. The van der Waals surface area contributed by atoms with Crippen LogP contribution in [-0.2, 0) is 4.79 Å². The molecule has 1 aromatic rings. The summed E-state index contributed by atoms with van der Waals surface area (Å²) in [5.41, 5.74) is 6.46. The van der Waals surface area contributed by atoms with Gasteiger partial charge in [0.15, 0.2) is 0 Å². The van der Waals surface area contributed by atoms with E-state index in [2.05, 4.69) is 17.2 Å². The first-order chi connectivity index (χ1) is 9.17. The Morgan fingerprint density at radius 3 is 2.52 bits per heavy atom. The molecule has 1 heterocycles. The van der Waals surface area contributed by atoms with Crippen LogP contribution in [0.1, 0.15) is 62.2 Å². The Morgan fingerprint density at radius 1 is 1.33 bits per heavy atom. The van der Waals surface area contributed by atoms with E-state index in [9.17, 15) is 4.79 Å². The molecule has 0 aliphatic carbocycles. The summed E-state index contributed by atoms with van der Waals surface area (Å²) in [6, 6.07) is 0.0650. The number of carbonyl (C=O) groups is 1. The Balaban J connectivity index is 0. The molecule has 0 fully saturated rings. The van der Waals surface area contributed by atoms with Crippen molar-refractivity contribution < 1.29 is 4.79 Å². The molecule has 0 aromatic carbocycles. The minimum Gasteiger partial charge on any atom is -0.347 e. The number of carbonyl (C=O) groups excluding carboxylic acids is 1. The van der Waals surface area contributed by atoms with Gasteiger partial charge in [0.05, 0.1) is 6.04 Å². The molecular weight excluding hydrogens is 329 g/mol. The van der Waals surface area contributed by atoms with Crippen molar-refractivity contribution in [2.45, 2.75) is 58.4 Å². The molecule has 4 nitrogen and oxygen atoms in total. The molecule has 0 spiro atoms. The van der Waals surface area contributed by atoms with E-state index in [0.717, 1.165) is 49.4 Å². The average molecular weight is 356 g/mol. The van der Waals surface area contributed by atoms with Gasteiger partial charge in [-0.15, -0.1) is 36.2 Å². The third kappa shape index (κ3) is 9.30. The smallest absolute Gasteiger partial charge is 0.220 e. The highest BCUT2D eigenvalue weighted by Gasteiger charge is 2.15. The first-order valence-electron chi connectivity index (χ1n) is 7.08. The van der Waals surface area contributed by atoms with Crippen LogP contribution in [0.4, 0.5) is 0 Å². The molecule has 124 valence electrons. The topological polar surface area (TPSA) is 68.0 Å². The minimum atomic E-state index is 0. The Hall–Kier alpha value is -0.360. The maximum Gasteiger partial charge on any atom is 0.220 e. The molecule has 0 radical (unpaired) electrons. The first kappa shape index (κ1) is 22.9. The number of hydrogen-bond donors (Lipinski definition) is 2. The maximum atomic E-state index is 11.9. The predicted octanol–water partition coefficient (Wildman–Crippen LogP) is 3.77. The molecule has 1 atom stereocenters. The highest BCUT2D eigenvalue weighted by atomic mass is 35.5. The quantitative estimate of drug-likeness (QED) is 0.662. The lowest BCUT2D eigenvalue weighted by Crippen LogP contribution is -2.27. The molecular formula is C14H27Cl2N3OS. The number of nitrogens with two attached hydrogens (primary N) is 1. The summed E-state index contributed by atoms with van der Waals surface area (Å²) in [7, 11) is 0. The highest BCUT2D eigenvalue weighted by molar-refractivity contribution is 7.09. The molecule has 0 bridgehead atoms. The van der Waals surface area contributed by atoms with Crippen molar-refractivity contribution in [1.29, 1.82) is 0 Å². The SMILES string of the molecule is CCC(NC(=O)CCCCCCN)c1nc(C)cs1.Cl.Cl. The number of rotatable bonds is 9. The van der Waals surface area contributed by atoms with E-state index in [1.165, 1.54) is 0 Å². The maximum absolute atomic E-state index is 11.9. The van der Waals surface area contributed by atoms with Crippen LogP contribution in [0.3, 0.4) is 0 Å². The van der Waals surface area contributed by atoms with E-state index in [1.54, 1.807) is 11.3 Å². The van der Waals surface area contributed by atoms with E-state index in [-0.39, 0.29) is 36.8 Å². The second-order valence-electron chi connectivity index (χ2n) is 4.81. The molecule has 3 N–H and O–H groups in total. The van der Waals surface area contributed by atoms with Crippen LogP contribution >= 0.6 is 36.2 Å². The van der Waals surface area contributed by atoms with Crippen molar-refractivity contribution in [1.82, 2.24) is 10.3 Å². The summed E-state index contributed by atoms with van der Waals surface area (Å²) in [6.45, 7) is 4.79.